The maximum Gasteiger partial charge on any atom is 0.472 e. The average molecular weight is 839 g/mol. The van der Waals surface area contributed by atoms with E-state index in [1.807, 2.05) is 19.1 Å². The van der Waals surface area contributed by atoms with E-state index in [-0.39, 0.29) is 25.6 Å². The van der Waals surface area contributed by atoms with Gasteiger partial charge in [-0.1, -0.05) is 125 Å². The number of aliphatic hydroxyl groups excluding tert-OH is 3. The summed E-state index contributed by atoms with van der Waals surface area (Å²) in [5.41, 5.74) is 0. The standard InChI is InChI=1S/C46H79O11P/c1-3-4-5-6-7-8-9-10-11-12-15-18-21-24-27-30-33-36-45(50)54-40-44(41-56-58(52,53)55-39-43(49)38-47)57-46(51)37-34-31-28-25-22-19-16-13-14-17-20-23-26-29-32-35-42(2)48/h7-8,10-11,14,16-17,19,23,25-26,28,42-44,47-49H,3-6,9,12-13,15,18,20-22,24,27,29-41H2,1-2H3,(H,52,53)/b8-7-,11-10-,17-14-,19-16-,26-23-,28-25-/t42-,43-,44+/m0/s1. The maximum absolute atomic E-state index is 12.6. The molecule has 0 rings (SSSR count). The fourth-order valence-corrected chi connectivity index (χ4v) is 6.23. The third kappa shape index (κ3) is 41.5. The molecule has 4 N–H and O–H groups in total. The van der Waals surface area contributed by atoms with Gasteiger partial charge < -0.3 is 29.7 Å². The summed E-state index contributed by atoms with van der Waals surface area (Å²) in [6, 6.07) is 0. The van der Waals surface area contributed by atoms with Crippen molar-refractivity contribution in [3.05, 3.63) is 72.9 Å². The van der Waals surface area contributed by atoms with Gasteiger partial charge in [0.2, 0.25) is 0 Å². The number of hydrogen-bond acceptors (Lipinski definition) is 10. The summed E-state index contributed by atoms with van der Waals surface area (Å²) >= 11 is 0. The zero-order valence-corrected chi connectivity index (χ0v) is 36.7. The van der Waals surface area contributed by atoms with Gasteiger partial charge in [0.05, 0.1) is 25.9 Å². The van der Waals surface area contributed by atoms with Gasteiger partial charge >= 0.3 is 19.8 Å². The van der Waals surface area contributed by atoms with Crippen LogP contribution in [0, 0.1) is 0 Å². The summed E-state index contributed by atoms with van der Waals surface area (Å²) in [4.78, 5) is 35.0. The van der Waals surface area contributed by atoms with Gasteiger partial charge in [-0.3, -0.25) is 18.6 Å². The lowest BCUT2D eigenvalue weighted by atomic mass is 10.1. The van der Waals surface area contributed by atoms with Gasteiger partial charge in [0, 0.05) is 12.8 Å². The van der Waals surface area contributed by atoms with Crippen LogP contribution < -0.4 is 0 Å². The van der Waals surface area contributed by atoms with Crippen molar-refractivity contribution in [2.24, 2.45) is 0 Å². The third-order valence-electron chi connectivity index (χ3n) is 8.85. The molecule has 0 amide bonds. The van der Waals surface area contributed by atoms with Crippen LogP contribution in [0.25, 0.3) is 0 Å². The van der Waals surface area contributed by atoms with E-state index >= 15 is 0 Å². The van der Waals surface area contributed by atoms with Crippen molar-refractivity contribution in [2.45, 2.75) is 180 Å². The fourth-order valence-electron chi connectivity index (χ4n) is 5.44. The van der Waals surface area contributed by atoms with Crippen molar-refractivity contribution in [3.63, 3.8) is 0 Å². The molecule has 4 atom stereocenters. The number of carbonyl (C=O) groups excluding carboxylic acids is 2. The molecule has 0 aliphatic carbocycles. The molecular formula is C46H79O11P. The van der Waals surface area contributed by atoms with Gasteiger partial charge in [-0.2, -0.15) is 0 Å². The largest absolute Gasteiger partial charge is 0.472 e. The lowest BCUT2D eigenvalue weighted by molar-refractivity contribution is -0.161. The molecule has 0 aliphatic rings. The lowest BCUT2D eigenvalue weighted by Gasteiger charge is -2.20. The third-order valence-corrected chi connectivity index (χ3v) is 9.80. The Hall–Kier alpha value is -2.63. The van der Waals surface area contributed by atoms with Gasteiger partial charge in [0.1, 0.15) is 12.7 Å². The van der Waals surface area contributed by atoms with Crippen LogP contribution in [0.15, 0.2) is 72.9 Å². The van der Waals surface area contributed by atoms with E-state index in [2.05, 4.69) is 72.2 Å². The maximum atomic E-state index is 12.6. The Morgan fingerprint density at radius 1 is 0.569 bits per heavy atom. The number of esters is 2. The van der Waals surface area contributed by atoms with Crippen LogP contribution in [0.1, 0.15) is 162 Å². The molecule has 0 spiro atoms. The van der Waals surface area contributed by atoms with Crippen molar-refractivity contribution >= 4 is 19.8 Å². The molecule has 0 bridgehead atoms. The second-order valence-corrected chi connectivity index (χ2v) is 16.1. The zero-order chi connectivity index (χ0) is 42.8. The summed E-state index contributed by atoms with van der Waals surface area (Å²) in [7, 11) is -4.65. The van der Waals surface area contributed by atoms with Gasteiger partial charge in [-0.05, 0) is 96.8 Å². The number of hydrogen-bond donors (Lipinski definition) is 4. The van der Waals surface area contributed by atoms with E-state index in [9.17, 15) is 29.3 Å². The molecule has 1 unspecified atom stereocenters. The predicted molar refractivity (Wildman–Crippen MR) is 234 cm³/mol. The first-order chi connectivity index (χ1) is 28.1. The number of phosphoric ester groups is 1. The molecule has 58 heavy (non-hydrogen) atoms. The first-order valence-corrected chi connectivity index (χ1v) is 23.4. The Labute approximate surface area is 351 Å². The molecule has 0 aromatic heterocycles. The molecule has 0 saturated heterocycles. The number of phosphoric acid groups is 1. The molecule has 0 aliphatic heterocycles. The number of allylic oxidation sites excluding steroid dienone is 12. The molecule has 0 heterocycles. The highest BCUT2D eigenvalue weighted by atomic mass is 31.2. The predicted octanol–water partition coefficient (Wildman–Crippen LogP) is 10.6. The topological polar surface area (TPSA) is 169 Å². The van der Waals surface area contributed by atoms with Crippen molar-refractivity contribution < 1.29 is 52.9 Å². The van der Waals surface area contributed by atoms with E-state index in [1.54, 1.807) is 0 Å². The highest BCUT2D eigenvalue weighted by molar-refractivity contribution is 7.47. The Morgan fingerprint density at radius 2 is 1.02 bits per heavy atom. The molecule has 0 aromatic rings. The molecule has 12 heteroatoms. The summed E-state index contributed by atoms with van der Waals surface area (Å²) in [6.07, 6.45) is 44.3. The van der Waals surface area contributed by atoms with Crippen LogP contribution in [-0.4, -0.2) is 76.9 Å². The highest BCUT2D eigenvalue weighted by Gasteiger charge is 2.27. The van der Waals surface area contributed by atoms with Crippen molar-refractivity contribution in [2.75, 3.05) is 26.4 Å². The molecular weight excluding hydrogens is 759 g/mol. The smallest absolute Gasteiger partial charge is 0.462 e. The molecule has 0 fully saturated rings. The van der Waals surface area contributed by atoms with Crippen LogP contribution >= 0.6 is 7.82 Å². The lowest BCUT2D eigenvalue weighted by Crippen LogP contribution is -2.29. The summed E-state index contributed by atoms with van der Waals surface area (Å²) < 4.78 is 32.6. The minimum absolute atomic E-state index is 0.0912. The Morgan fingerprint density at radius 3 is 1.55 bits per heavy atom. The van der Waals surface area contributed by atoms with Gasteiger partial charge in [-0.25, -0.2) is 4.57 Å². The van der Waals surface area contributed by atoms with Crippen LogP contribution in [0.5, 0.6) is 0 Å². The van der Waals surface area contributed by atoms with Crippen molar-refractivity contribution in [1.82, 2.24) is 0 Å². The minimum atomic E-state index is -4.65. The van der Waals surface area contributed by atoms with E-state index in [4.69, 9.17) is 19.1 Å². The molecule has 0 saturated carbocycles. The summed E-state index contributed by atoms with van der Waals surface area (Å²) in [5, 5.41) is 27.6. The van der Waals surface area contributed by atoms with Gasteiger partial charge in [0.15, 0.2) is 6.10 Å². The Bertz CT molecular complexity index is 1210. The van der Waals surface area contributed by atoms with E-state index in [1.165, 1.54) is 44.9 Å². The zero-order valence-electron chi connectivity index (χ0n) is 35.8. The fraction of sp³-hybridized carbons (Fsp3) is 0.696. The summed E-state index contributed by atoms with van der Waals surface area (Å²) in [6.45, 7) is 1.81. The second-order valence-electron chi connectivity index (χ2n) is 14.6. The van der Waals surface area contributed by atoms with Crippen LogP contribution in [0.4, 0.5) is 0 Å². The quantitative estimate of drug-likeness (QED) is 0.0200. The van der Waals surface area contributed by atoms with Crippen molar-refractivity contribution in [1.29, 1.82) is 0 Å². The monoisotopic (exact) mass is 839 g/mol. The van der Waals surface area contributed by atoms with E-state index < -0.39 is 51.8 Å². The van der Waals surface area contributed by atoms with E-state index in [0.29, 0.717) is 19.3 Å². The Kier molecular flexibility index (Phi) is 39.3. The minimum Gasteiger partial charge on any atom is -0.462 e. The molecule has 0 aromatic carbocycles. The van der Waals surface area contributed by atoms with Gasteiger partial charge in [-0.15, -0.1) is 0 Å². The van der Waals surface area contributed by atoms with Crippen LogP contribution in [0.3, 0.4) is 0 Å². The highest BCUT2D eigenvalue weighted by Crippen LogP contribution is 2.43. The van der Waals surface area contributed by atoms with Gasteiger partial charge in [0.25, 0.3) is 0 Å². The normalized spacial score (nSPS) is 15.1. The SMILES string of the molecule is CCCCC/C=C\C/C=C\CCCCCCCCCC(=O)OC[C@H](COP(=O)(O)OC[C@@H](O)CO)OC(=O)CCC/C=C\C/C=C\C/C=C\C/C=C\CCC[C@H](C)O. The molecule has 11 nitrogen and oxygen atoms in total. The second kappa shape index (κ2) is 41.1. The van der Waals surface area contributed by atoms with Crippen LogP contribution in [-0.2, 0) is 32.7 Å². The first-order valence-electron chi connectivity index (χ1n) is 21.9. The number of ether oxygens (including phenoxy) is 2. The molecule has 0 radical (unpaired) electrons. The number of aliphatic hydroxyl groups is 3. The average Bonchev–Trinajstić information content (AvgIpc) is 3.20. The number of unbranched alkanes of at least 4 members (excludes halogenated alkanes) is 12. The van der Waals surface area contributed by atoms with Crippen molar-refractivity contribution in [3.8, 4) is 0 Å². The van der Waals surface area contributed by atoms with Crippen LogP contribution in [0.2, 0.25) is 0 Å². The Balaban J connectivity index is 4.41. The number of rotatable bonds is 40. The first kappa shape index (κ1) is 55.4. The number of carbonyl (C=O) groups is 2. The molecule has 334 valence electrons. The van der Waals surface area contributed by atoms with E-state index in [0.717, 1.165) is 70.6 Å². The summed E-state index contributed by atoms with van der Waals surface area (Å²) in [5.74, 6) is -1.02.